The molecule has 1 aliphatic rings. The van der Waals surface area contributed by atoms with E-state index in [1.807, 2.05) is 0 Å². The highest BCUT2D eigenvalue weighted by molar-refractivity contribution is 6.01. The molecule has 0 atom stereocenters. The zero-order chi connectivity index (χ0) is 18.0. The number of nitro groups is 1. The van der Waals surface area contributed by atoms with Crippen molar-refractivity contribution in [3.63, 3.8) is 0 Å². The van der Waals surface area contributed by atoms with Crippen molar-refractivity contribution in [2.75, 3.05) is 5.32 Å². The highest BCUT2D eigenvalue weighted by Gasteiger charge is 2.51. The summed E-state index contributed by atoms with van der Waals surface area (Å²) in [4.78, 5) is 33.8. The molecule has 3 rings (SSSR count). The number of nitro benzene ring substituents is 1. The molecule has 0 radical (unpaired) electrons. The third kappa shape index (κ3) is 3.50. The van der Waals surface area contributed by atoms with Gasteiger partial charge in [0.1, 0.15) is 0 Å². The van der Waals surface area contributed by atoms with Crippen molar-refractivity contribution in [1.29, 1.82) is 0 Å². The van der Waals surface area contributed by atoms with Gasteiger partial charge in [-0.2, -0.15) is 0 Å². The molecule has 25 heavy (non-hydrogen) atoms. The zero-order valence-electron chi connectivity index (χ0n) is 13.4. The number of amides is 2. The molecule has 0 spiro atoms. The lowest BCUT2D eigenvalue weighted by atomic mass is 9.94. The van der Waals surface area contributed by atoms with Crippen molar-refractivity contribution in [3.8, 4) is 0 Å². The number of rotatable bonds is 6. The van der Waals surface area contributed by atoms with Crippen molar-refractivity contribution >= 4 is 23.2 Å². The summed E-state index contributed by atoms with van der Waals surface area (Å²) in [5.41, 5.74) is 6.72. The van der Waals surface area contributed by atoms with Gasteiger partial charge >= 0.3 is 0 Å². The molecule has 1 aliphatic carbocycles. The Hall–Kier alpha value is -3.22. The molecule has 2 amide bonds. The van der Waals surface area contributed by atoms with Crippen LogP contribution in [0.2, 0.25) is 0 Å². The van der Waals surface area contributed by atoms with E-state index >= 15 is 0 Å². The predicted octanol–water partition coefficient (Wildman–Crippen LogP) is 2.29. The molecule has 7 nitrogen and oxygen atoms in total. The quantitative estimate of drug-likeness (QED) is 0.620. The largest absolute Gasteiger partial charge is 0.369 e. The number of hydrogen-bond donors (Lipinski definition) is 2. The van der Waals surface area contributed by atoms with Gasteiger partial charge in [-0.05, 0) is 36.1 Å². The molecule has 2 aromatic rings. The number of hydrogen-bond acceptors (Lipinski definition) is 4. The summed E-state index contributed by atoms with van der Waals surface area (Å²) in [6.07, 6.45) is 1.56. The minimum atomic E-state index is -0.624. The number of primary amides is 1. The summed E-state index contributed by atoms with van der Waals surface area (Å²) < 4.78 is 0. The molecule has 1 saturated carbocycles. The highest BCUT2D eigenvalue weighted by Crippen LogP contribution is 2.49. The molecule has 0 aliphatic heterocycles. The Labute approximate surface area is 144 Å². The van der Waals surface area contributed by atoms with Crippen LogP contribution in [-0.4, -0.2) is 16.7 Å². The van der Waals surface area contributed by atoms with E-state index < -0.39 is 16.2 Å². The van der Waals surface area contributed by atoms with E-state index in [1.165, 1.54) is 12.1 Å². The van der Waals surface area contributed by atoms with E-state index in [0.29, 0.717) is 18.5 Å². The first-order chi connectivity index (χ1) is 11.9. The minimum absolute atomic E-state index is 0.00463. The molecule has 2 aromatic carbocycles. The Balaban J connectivity index is 1.72. The molecule has 128 valence electrons. The predicted molar refractivity (Wildman–Crippen MR) is 92.0 cm³/mol. The topological polar surface area (TPSA) is 115 Å². The van der Waals surface area contributed by atoms with Gasteiger partial charge in [0.05, 0.1) is 16.8 Å². The standard InChI is InChI=1S/C18H17N3O4/c19-16(22)11-12-1-5-14(6-2-12)20-17(23)18(9-10-18)13-3-7-15(8-4-13)21(24)25/h1-8H,9-11H2,(H2,19,22)(H,20,23). The average Bonchev–Trinajstić information content (AvgIpc) is 3.38. The second kappa shape index (κ2) is 6.35. The van der Waals surface area contributed by atoms with Gasteiger partial charge in [0.15, 0.2) is 0 Å². The third-order valence-corrected chi connectivity index (χ3v) is 4.41. The van der Waals surface area contributed by atoms with Gasteiger partial charge in [-0.1, -0.05) is 24.3 Å². The molecular weight excluding hydrogens is 322 g/mol. The Morgan fingerprint density at radius 3 is 2.16 bits per heavy atom. The van der Waals surface area contributed by atoms with Gasteiger partial charge in [0, 0.05) is 17.8 Å². The summed E-state index contributed by atoms with van der Waals surface area (Å²) in [5.74, 6) is -0.545. The summed E-state index contributed by atoms with van der Waals surface area (Å²) in [6.45, 7) is 0. The Kier molecular flexibility index (Phi) is 4.22. The molecule has 0 unspecified atom stereocenters. The molecule has 3 N–H and O–H groups in total. The number of anilines is 1. The first kappa shape index (κ1) is 16.6. The summed E-state index contributed by atoms with van der Waals surface area (Å²) >= 11 is 0. The van der Waals surface area contributed by atoms with Crippen molar-refractivity contribution in [2.45, 2.75) is 24.7 Å². The maximum absolute atomic E-state index is 12.7. The van der Waals surface area contributed by atoms with Gasteiger partial charge in [-0.25, -0.2) is 0 Å². The molecule has 7 heteroatoms. The van der Waals surface area contributed by atoms with Crippen molar-refractivity contribution in [3.05, 3.63) is 69.8 Å². The van der Waals surface area contributed by atoms with E-state index in [2.05, 4.69) is 5.32 Å². The normalized spacial score (nSPS) is 14.6. The van der Waals surface area contributed by atoms with Gasteiger partial charge in [0.25, 0.3) is 5.69 Å². The fraction of sp³-hybridized carbons (Fsp3) is 0.222. The Morgan fingerprint density at radius 1 is 1.08 bits per heavy atom. The van der Waals surface area contributed by atoms with Crippen LogP contribution in [0.5, 0.6) is 0 Å². The van der Waals surface area contributed by atoms with Gasteiger partial charge < -0.3 is 11.1 Å². The molecular formula is C18H17N3O4. The number of carbonyl (C=O) groups is 2. The maximum atomic E-state index is 12.7. The number of nitrogens with two attached hydrogens (primary N) is 1. The monoisotopic (exact) mass is 339 g/mol. The minimum Gasteiger partial charge on any atom is -0.369 e. The van der Waals surface area contributed by atoms with Crippen LogP contribution in [-0.2, 0) is 21.4 Å². The second-order valence-electron chi connectivity index (χ2n) is 6.18. The Morgan fingerprint density at radius 2 is 1.68 bits per heavy atom. The van der Waals surface area contributed by atoms with Crippen LogP contribution in [0.15, 0.2) is 48.5 Å². The fourth-order valence-corrected chi connectivity index (χ4v) is 2.83. The summed E-state index contributed by atoms with van der Waals surface area (Å²) in [7, 11) is 0. The van der Waals surface area contributed by atoms with E-state index in [1.54, 1.807) is 36.4 Å². The number of nitrogens with one attached hydrogen (secondary N) is 1. The molecule has 1 fully saturated rings. The smallest absolute Gasteiger partial charge is 0.269 e. The molecule has 0 aromatic heterocycles. The van der Waals surface area contributed by atoms with Crippen LogP contribution >= 0.6 is 0 Å². The number of nitrogens with zero attached hydrogens (tertiary/aromatic N) is 1. The van der Waals surface area contributed by atoms with E-state index in [0.717, 1.165) is 11.1 Å². The Bertz CT molecular complexity index is 824. The van der Waals surface area contributed by atoms with Crippen LogP contribution in [0.3, 0.4) is 0 Å². The van der Waals surface area contributed by atoms with Crippen LogP contribution in [0.25, 0.3) is 0 Å². The summed E-state index contributed by atoms with van der Waals surface area (Å²) in [6, 6.07) is 13.0. The van der Waals surface area contributed by atoms with E-state index in [9.17, 15) is 19.7 Å². The summed E-state index contributed by atoms with van der Waals surface area (Å²) in [5, 5.41) is 13.6. The molecule has 0 bridgehead atoms. The molecule has 0 heterocycles. The van der Waals surface area contributed by atoms with Crippen molar-refractivity contribution in [1.82, 2.24) is 0 Å². The number of benzene rings is 2. The van der Waals surface area contributed by atoms with Crippen molar-refractivity contribution < 1.29 is 14.5 Å². The van der Waals surface area contributed by atoms with Gasteiger partial charge in [0.2, 0.25) is 11.8 Å². The van der Waals surface area contributed by atoms with Crippen LogP contribution < -0.4 is 11.1 Å². The lowest BCUT2D eigenvalue weighted by molar-refractivity contribution is -0.384. The van der Waals surface area contributed by atoms with E-state index in [-0.39, 0.29) is 18.0 Å². The zero-order valence-corrected chi connectivity index (χ0v) is 13.4. The lowest BCUT2D eigenvalue weighted by Crippen LogP contribution is -2.27. The number of carbonyl (C=O) groups excluding carboxylic acids is 2. The van der Waals surface area contributed by atoms with Crippen LogP contribution in [0.1, 0.15) is 24.0 Å². The first-order valence-corrected chi connectivity index (χ1v) is 7.84. The second-order valence-corrected chi connectivity index (χ2v) is 6.18. The fourth-order valence-electron chi connectivity index (χ4n) is 2.83. The lowest BCUT2D eigenvalue weighted by Gasteiger charge is -2.16. The van der Waals surface area contributed by atoms with Gasteiger partial charge in [-0.3, -0.25) is 19.7 Å². The average molecular weight is 339 g/mol. The van der Waals surface area contributed by atoms with E-state index in [4.69, 9.17) is 5.73 Å². The number of non-ortho nitro benzene ring substituents is 1. The highest BCUT2D eigenvalue weighted by atomic mass is 16.6. The van der Waals surface area contributed by atoms with Crippen molar-refractivity contribution in [2.24, 2.45) is 5.73 Å². The third-order valence-electron chi connectivity index (χ3n) is 4.41. The van der Waals surface area contributed by atoms with Crippen LogP contribution in [0.4, 0.5) is 11.4 Å². The van der Waals surface area contributed by atoms with Gasteiger partial charge in [-0.15, -0.1) is 0 Å². The van der Waals surface area contributed by atoms with Crippen LogP contribution in [0, 0.1) is 10.1 Å². The SMILES string of the molecule is NC(=O)Cc1ccc(NC(=O)C2(c3ccc([N+](=O)[O-])cc3)CC2)cc1. The maximum Gasteiger partial charge on any atom is 0.269 e. The molecule has 0 saturated heterocycles. The first-order valence-electron chi connectivity index (χ1n) is 7.84.